The average molecular weight is 584 g/mol. The second-order valence-electron chi connectivity index (χ2n) is 9.47. The zero-order valence-electron chi connectivity index (χ0n) is 20.7. The topological polar surface area (TPSA) is 122 Å². The number of esters is 1. The summed E-state index contributed by atoms with van der Waals surface area (Å²) in [5.41, 5.74) is 1.28. The van der Waals surface area contributed by atoms with Crippen LogP contribution in [0.15, 0.2) is 46.0 Å². The second-order valence-corrected chi connectivity index (χ2v) is 12.5. The number of morpholine rings is 1. The van der Waals surface area contributed by atoms with Gasteiger partial charge in [0.1, 0.15) is 11.9 Å². The number of benzene rings is 1. The summed E-state index contributed by atoms with van der Waals surface area (Å²) in [6.45, 7) is 1.19. The fourth-order valence-electron chi connectivity index (χ4n) is 5.30. The molecule has 2 fully saturated rings. The van der Waals surface area contributed by atoms with Crippen molar-refractivity contribution in [3.05, 3.63) is 62.5 Å². The average Bonchev–Trinajstić information content (AvgIpc) is 3.38. The highest BCUT2D eigenvalue weighted by Gasteiger charge is 2.42. The lowest BCUT2D eigenvalue weighted by Crippen LogP contribution is -2.61. The van der Waals surface area contributed by atoms with E-state index in [1.54, 1.807) is 6.20 Å². The van der Waals surface area contributed by atoms with Crippen LogP contribution in [-0.2, 0) is 24.3 Å². The molecule has 4 atom stereocenters. The van der Waals surface area contributed by atoms with Crippen LogP contribution in [0.1, 0.15) is 29.5 Å². The molecule has 3 aliphatic rings. The standard InChI is InChI=1S/C24H27ClFN5O5S2/c1-35-24(32)20-19(10-31-15-8-14(30-38(2,33)34)9-16(31)12-36-11-15)28-22(23-27-5-6-37-23)29-21(20)17-4-3-13(26)7-18(17)25/h3-7,14-16,21,30H,8-12H2,1-2H3,(H,28,29)/t14-,15+,16-,21-/m0/s1. The number of ether oxygens (including phenoxy) is 2. The summed E-state index contributed by atoms with van der Waals surface area (Å²) in [7, 11) is -2.06. The third-order valence-corrected chi connectivity index (χ3v) is 8.69. The predicted octanol–water partition coefficient (Wildman–Crippen LogP) is 2.23. The van der Waals surface area contributed by atoms with Crippen molar-refractivity contribution in [3.63, 3.8) is 0 Å². The normalized spacial score (nSPS) is 26.1. The fraction of sp³-hybridized carbons (Fsp3) is 0.458. The molecule has 10 nitrogen and oxygen atoms in total. The van der Waals surface area contributed by atoms with Crippen molar-refractivity contribution >= 4 is 44.8 Å². The number of halogens is 2. The van der Waals surface area contributed by atoms with Gasteiger partial charge >= 0.3 is 5.97 Å². The number of nitrogens with one attached hydrogen (secondary N) is 2. The van der Waals surface area contributed by atoms with Gasteiger partial charge in [0.05, 0.1) is 32.2 Å². The zero-order chi connectivity index (χ0) is 27.0. The van der Waals surface area contributed by atoms with Crippen molar-refractivity contribution in [1.29, 1.82) is 0 Å². The summed E-state index contributed by atoms with van der Waals surface area (Å²) >= 11 is 7.82. The molecule has 0 amide bonds. The molecular formula is C24H27ClFN5O5S2. The van der Waals surface area contributed by atoms with Crippen LogP contribution in [0.3, 0.4) is 0 Å². The van der Waals surface area contributed by atoms with Gasteiger partial charge in [-0.05, 0) is 25.0 Å². The van der Waals surface area contributed by atoms with Gasteiger partial charge in [0, 0.05) is 52.5 Å². The molecule has 2 saturated heterocycles. The van der Waals surface area contributed by atoms with Gasteiger partial charge in [-0.25, -0.2) is 27.3 Å². The molecule has 3 aliphatic heterocycles. The smallest absolute Gasteiger partial charge is 0.338 e. The third kappa shape index (κ3) is 5.77. The minimum atomic E-state index is -3.35. The molecule has 1 aromatic heterocycles. The zero-order valence-corrected chi connectivity index (χ0v) is 23.1. The van der Waals surface area contributed by atoms with Crippen molar-refractivity contribution in [1.82, 2.24) is 19.9 Å². The SMILES string of the molecule is COC(=O)C1=C(CN2[C@@H]3COC[C@H]2C[C@H](NS(C)(=O)=O)C3)NC(c2nccs2)=N[C@H]1c1ccc(F)cc1Cl. The number of carbonyl (C=O) groups excluding carboxylic acids is 1. The summed E-state index contributed by atoms with van der Waals surface area (Å²) in [5, 5.41) is 5.88. The predicted molar refractivity (Wildman–Crippen MR) is 141 cm³/mol. The van der Waals surface area contributed by atoms with Gasteiger partial charge < -0.3 is 14.8 Å². The molecule has 1 aromatic carbocycles. The quantitative estimate of drug-likeness (QED) is 0.476. The summed E-state index contributed by atoms with van der Waals surface area (Å²) in [5.74, 6) is -0.628. The molecule has 204 valence electrons. The van der Waals surface area contributed by atoms with E-state index >= 15 is 0 Å². The first-order valence-electron chi connectivity index (χ1n) is 11.9. The highest BCUT2D eigenvalue weighted by molar-refractivity contribution is 7.88. The monoisotopic (exact) mass is 583 g/mol. The molecule has 0 unspecified atom stereocenters. The van der Waals surface area contributed by atoms with Crippen LogP contribution < -0.4 is 10.0 Å². The number of thiazole rings is 1. The van der Waals surface area contributed by atoms with Crippen LogP contribution >= 0.6 is 22.9 Å². The largest absolute Gasteiger partial charge is 0.466 e. The number of piperidine rings is 1. The Morgan fingerprint density at radius 2 is 2.08 bits per heavy atom. The number of aliphatic imine (C=N–C) groups is 1. The Morgan fingerprint density at radius 1 is 1.34 bits per heavy atom. The van der Waals surface area contributed by atoms with E-state index in [0.29, 0.717) is 54.7 Å². The van der Waals surface area contributed by atoms with E-state index in [1.165, 1.54) is 36.6 Å². The van der Waals surface area contributed by atoms with Crippen molar-refractivity contribution in [2.75, 3.05) is 33.1 Å². The molecule has 0 radical (unpaired) electrons. The van der Waals surface area contributed by atoms with E-state index in [2.05, 4.69) is 19.9 Å². The van der Waals surface area contributed by atoms with E-state index in [9.17, 15) is 17.6 Å². The lowest BCUT2D eigenvalue weighted by molar-refractivity contribution is -0.136. The van der Waals surface area contributed by atoms with Gasteiger partial charge in [-0.2, -0.15) is 0 Å². The van der Waals surface area contributed by atoms with Gasteiger partial charge in [0.2, 0.25) is 10.0 Å². The highest BCUT2D eigenvalue weighted by Crippen LogP contribution is 2.38. The molecule has 38 heavy (non-hydrogen) atoms. The maximum absolute atomic E-state index is 13.9. The number of nitrogens with zero attached hydrogens (tertiary/aromatic N) is 3. The minimum absolute atomic E-state index is 0.0787. The number of rotatable bonds is 7. The van der Waals surface area contributed by atoms with E-state index in [4.69, 9.17) is 26.1 Å². The van der Waals surface area contributed by atoms with Gasteiger partial charge in [-0.3, -0.25) is 9.89 Å². The van der Waals surface area contributed by atoms with Gasteiger partial charge in [-0.15, -0.1) is 11.3 Å². The fourth-order valence-corrected chi connectivity index (χ4v) is 6.95. The van der Waals surface area contributed by atoms with Crippen LogP contribution in [0, 0.1) is 5.82 Å². The van der Waals surface area contributed by atoms with Gasteiger partial charge in [0.15, 0.2) is 10.8 Å². The van der Waals surface area contributed by atoms with Crippen LogP contribution in [0.2, 0.25) is 5.02 Å². The van der Waals surface area contributed by atoms with Crippen LogP contribution in [0.25, 0.3) is 0 Å². The Morgan fingerprint density at radius 3 is 2.68 bits per heavy atom. The summed E-state index contributed by atoms with van der Waals surface area (Å²) in [6.07, 6.45) is 3.94. The second kappa shape index (κ2) is 11.0. The van der Waals surface area contributed by atoms with E-state index in [0.717, 1.165) is 6.26 Å². The number of aromatic nitrogens is 1. The van der Waals surface area contributed by atoms with Gasteiger partial charge in [0.25, 0.3) is 0 Å². The summed E-state index contributed by atoms with van der Waals surface area (Å²) in [6, 6.07) is 2.76. The Kier molecular flexibility index (Phi) is 7.85. The lowest BCUT2D eigenvalue weighted by Gasteiger charge is -2.49. The number of amidine groups is 1. The Bertz CT molecular complexity index is 1370. The van der Waals surface area contributed by atoms with E-state index in [1.807, 2.05) is 5.38 Å². The number of methoxy groups -OCH3 is 1. The maximum atomic E-state index is 13.9. The highest BCUT2D eigenvalue weighted by atomic mass is 35.5. The number of sulfonamides is 1. The molecule has 0 saturated carbocycles. The van der Waals surface area contributed by atoms with Crippen LogP contribution in [0.4, 0.5) is 4.39 Å². The Hall–Kier alpha value is -2.42. The number of hydrogen-bond acceptors (Lipinski definition) is 10. The minimum Gasteiger partial charge on any atom is -0.466 e. The molecular weight excluding hydrogens is 557 g/mol. The molecule has 0 aliphatic carbocycles. The number of carbonyl (C=O) groups is 1. The number of fused-ring (bicyclic) bond motifs is 2. The molecule has 0 spiro atoms. The first-order valence-corrected chi connectivity index (χ1v) is 15.1. The van der Waals surface area contributed by atoms with Crippen LogP contribution in [0.5, 0.6) is 0 Å². The van der Waals surface area contributed by atoms with Gasteiger partial charge in [-0.1, -0.05) is 17.7 Å². The first-order chi connectivity index (χ1) is 18.1. The Labute approximate surface area is 228 Å². The van der Waals surface area contributed by atoms with E-state index < -0.39 is 27.9 Å². The van der Waals surface area contributed by atoms with Crippen molar-refractivity contribution < 1.29 is 27.1 Å². The van der Waals surface area contributed by atoms with Crippen molar-refractivity contribution in [3.8, 4) is 0 Å². The van der Waals surface area contributed by atoms with Crippen LogP contribution in [-0.4, -0.2) is 81.4 Å². The van der Waals surface area contributed by atoms with E-state index in [-0.39, 0.29) is 28.7 Å². The van der Waals surface area contributed by atoms with Crippen molar-refractivity contribution in [2.45, 2.75) is 37.0 Å². The molecule has 14 heteroatoms. The molecule has 2 N–H and O–H groups in total. The molecule has 5 rings (SSSR count). The Balaban J connectivity index is 1.54. The lowest BCUT2D eigenvalue weighted by atomic mass is 9.89. The third-order valence-electron chi connectivity index (χ3n) is 6.82. The summed E-state index contributed by atoms with van der Waals surface area (Å²) in [4.78, 5) is 24.6. The van der Waals surface area contributed by atoms with Crippen molar-refractivity contribution in [2.24, 2.45) is 4.99 Å². The molecule has 2 bridgehead atoms. The molecule has 2 aromatic rings. The molecule has 4 heterocycles. The number of hydrogen-bond donors (Lipinski definition) is 2. The first kappa shape index (κ1) is 27.2. The maximum Gasteiger partial charge on any atom is 0.338 e. The summed E-state index contributed by atoms with van der Waals surface area (Å²) < 4.78 is 51.3.